The molecule has 0 radical (unpaired) electrons. The first kappa shape index (κ1) is 19.5. The maximum atomic E-state index is 13.2. The molecule has 8 heteroatoms. The van der Waals surface area contributed by atoms with E-state index in [1.807, 2.05) is 66.9 Å². The molecule has 162 valence electrons. The molecule has 3 heterocycles. The molecule has 7 nitrogen and oxygen atoms in total. The van der Waals surface area contributed by atoms with Crippen molar-refractivity contribution in [1.29, 1.82) is 0 Å². The summed E-state index contributed by atoms with van der Waals surface area (Å²) in [4.78, 5) is 18.1. The highest BCUT2D eigenvalue weighted by molar-refractivity contribution is 7.93. The Hall–Kier alpha value is -4.17. The van der Waals surface area contributed by atoms with Gasteiger partial charge in [0, 0.05) is 17.1 Å². The minimum atomic E-state index is -3.83. The van der Waals surface area contributed by atoms with Crippen molar-refractivity contribution in [3.05, 3.63) is 91.1 Å². The van der Waals surface area contributed by atoms with Crippen molar-refractivity contribution in [3.8, 4) is 11.3 Å². The van der Waals surface area contributed by atoms with Crippen LogP contribution in [0.3, 0.4) is 0 Å². The van der Waals surface area contributed by atoms with Crippen molar-refractivity contribution in [2.75, 3.05) is 16.2 Å². The minimum Gasteiger partial charge on any atom is -0.308 e. The number of aromatic nitrogens is 2. The summed E-state index contributed by atoms with van der Waals surface area (Å²) in [5.41, 5.74) is 2.66. The zero-order chi connectivity index (χ0) is 22.6. The largest absolute Gasteiger partial charge is 0.308 e. The number of anilines is 2. The number of hydrogen-bond acceptors (Lipinski definition) is 4. The first-order chi connectivity index (χ1) is 16.0. The number of carbonyl (C=O) groups is 1. The second-order valence-electron chi connectivity index (χ2n) is 7.80. The van der Waals surface area contributed by atoms with E-state index in [1.165, 1.54) is 4.31 Å². The molecular formula is C25H18N4O3S. The summed E-state index contributed by atoms with van der Waals surface area (Å²) in [6, 6.07) is 25.7. The van der Waals surface area contributed by atoms with E-state index >= 15 is 0 Å². The van der Waals surface area contributed by atoms with Gasteiger partial charge in [-0.1, -0.05) is 60.7 Å². The lowest BCUT2D eigenvalue weighted by Gasteiger charge is -2.18. The molecule has 0 spiro atoms. The van der Waals surface area contributed by atoms with E-state index in [2.05, 4.69) is 10.3 Å². The topological polar surface area (TPSA) is 83.8 Å². The fourth-order valence-corrected chi connectivity index (χ4v) is 6.01. The molecule has 6 rings (SSSR count). The van der Waals surface area contributed by atoms with E-state index in [1.54, 1.807) is 28.7 Å². The Labute approximate surface area is 190 Å². The Balaban J connectivity index is 1.39. The molecular weight excluding hydrogens is 436 g/mol. The molecule has 1 amide bonds. The van der Waals surface area contributed by atoms with Crippen LogP contribution in [0, 0.1) is 0 Å². The molecule has 0 unspecified atom stereocenters. The lowest BCUT2D eigenvalue weighted by atomic mass is 10.1. The van der Waals surface area contributed by atoms with E-state index in [4.69, 9.17) is 0 Å². The Morgan fingerprint density at radius 3 is 2.45 bits per heavy atom. The Bertz CT molecular complexity index is 1650. The molecule has 2 aromatic heterocycles. The van der Waals surface area contributed by atoms with Crippen molar-refractivity contribution in [2.24, 2.45) is 0 Å². The predicted octanol–water partition coefficient (Wildman–Crippen LogP) is 4.30. The van der Waals surface area contributed by atoms with Gasteiger partial charge in [0.2, 0.25) is 5.91 Å². The van der Waals surface area contributed by atoms with Crippen molar-refractivity contribution >= 4 is 43.9 Å². The molecule has 1 aliphatic rings. The van der Waals surface area contributed by atoms with Crippen LogP contribution in [0.25, 0.3) is 27.7 Å². The van der Waals surface area contributed by atoms with Crippen LogP contribution in [-0.4, -0.2) is 30.3 Å². The summed E-state index contributed by atoms with van der Waals surface area (Å²) in [5.74, 6) is 0.0420. The molecule has 0 atom stereocenters. The number of fused-ring (bicyclic) bond motifs is 1. The van der Waals surface area contributed by atoms with Gasteiger partial charge >= 0.3 is 0 Å². The van der Waals surface area contributed by atoms with Gasteiger partial charge in [-0.15, -0.1) is 0 Å². The van der Waals surface area contributed by atoms with Crippen molar-refractivity contribution in [3.63, 3.8) is 0 Å². The van der Waals surface area contributed by atoms with Gasteiger partial charge in [-0.25, -0.2) is 13.4 Å². The normalized spacial score (nSPS) is 14.1. The molecule has 33 heavy (non-hydrogen) atoms. The molecule has 5 aromatic rings. The van der Waals surface area contributed by atoms with Crippen molar-refractivity contribution in [2.45, 2.75) is 4.90 Å². The molecule has 0 aliphatic carbocycles. The summed E-state index contributed by atoms with van der Waals surface area (Å²) in [6.07, 6.45) is 1.81. The Morgan fingerprint density at radius 2 is 1.64 bits per heavy atom. The molecule has 0 saturated carbocycles. The zero-order valence-electron chi connectivity index (χ0n) is 17.3. The number of nitrogens with one attached hydrogen (secondary N) is 1. The van der Waals surface area contributed by atoms with E-state index in [0.717, 1.165) is 10.9 Å². The number of carbonyl (C=O) groups excluding carboxylic acids is 1. The molecule has 3 aromatic carbocycles. The highest BCUT2D eigenvalue weighted by Crippen LogP contribution is 2.41. The highest BCUT2D eigenvalue weighted by atomic mass is 32.2. The van der Waals surface area contributed by atoms with Crippen LogP contribution in [0.2, 0.25) is 0 Å². The third-order valence-corrected chi connectivity index (χ3v) is 7.61. The van der Waals surface area contributed by atoms with Crippen molar-refractivity contribution < 1.29 is 13.2 Å². The van der Waals surface area contributed by atoms with Gasteiger partial charge < -0.3 is 5.32 Å². The maximum absolute atomic E-state index is 13.2. The van der Waals surface area contributed by atoms with Crippen LogP contribution in [0.5, 0.6) is 0 Å². The van der Waals surface area contributed by atoms with Gasteiger partial charge in [0.1, 0.15) is 23.7 Å². The average molecular weight is 455 g/mol. The van der Waals surface area contributed by atoms with Gasteiger partial charge in [0.05, 0.1) is 10.6 Å². The number of hydrogen-bond donors (Lipinski definition) is 1. The fraction of sp³-hybridized carbons (Fsp3) is 0.0400. The summed E-state index contributed by atoms with van der Waals surface area (Å²) in [7, 11) is -3.83. The first-order valence-electron chi connectivity index (χ1n) is 10.4. The summed E-state index contributed by atoms with van der Waals surface area (Å²) < 4.78 is 29.4. The van der Waals surface area contributed by atoms with Crippen LogP contribution < -0.4 is 9.62 Å². The monoisotopic (exact) mass is 454 g/mol. The zero-order valence-corrected chi connectivity index (χ0v) is 18.2. The maximum Gasteiger partial charge on any atom is 0.265 e. The van der Waals surface area contributed by atoms with Crippen LogP contribution in [-0.2, 0) is 14.8 Å². The number of benzene rings is 3. The second kappa shape index (κ2) is 7.18. The van der Waals surface area contributed by atoms with Gasteiger partial charge in [-0.05, 0) is 29.7 Å². The van der Waals surface area contributed by atoms with Gasteiger partial charge in [0.25, 0.3) is 10.0 Å². The quantitative estimate of drug-likeness (QED) is 0.439. The third-order valence-electron chi connectivity index (χ3n) is 5.80. The van der Waals surface area contributed by atoms with Crippen molar-refractivity contribution in [1.82, 2.24) is 9.38 Å². The van der Waals surface area contributed by atoms with E-state index in [9.17, 15) is 13.2 Å². The summed E-state index contributed by atoms with van der Waals surface area (Å²) >= 11 is 0. The number of amides is 1. The first-order valence-corrected chi connectivity index (χ1v) is 11.8. The second-order valence-corrected chi connectivity index (χ2v) is 9.63. The molecule has 0 bridgehead atoms. The smallest absolute Gasteiger partial charge is 0.265 e. The SMILES string of the molecule is O=C(CN1c2cccc3cccc(c23)S1(=O)=O)Nc1c(-c2ccccc2)nc2ccccn12. The lowest BCUT2D eigenvalue weighted by molar-refractivity contribution is -0.114. The van der Waals surface area contributed by atoms with Crippen LogP contribution >= 0.6 is 0 Å². The summed E-state index contributed by atoms with van der Waals surface area (Å²) in [6.45, 7) is -0.343. The number of pyridine rings is 1. The minimum absolute atomic E-state index is 0.225. The average Bonchev–Trinajstić information content (AvgIpc) is 3.30. The van der Waals surface area contributed by atoms with E-state index in [-0.39, 0.29) is 11.4 Å². The van der Waals surface area contributed by atoms with Crippen LogP contribution in [0.1, 0.15) is 0 Å². The van der Waals surface area contributed by atoms with E-state index in [0.29, 0.717) is 28.2 Å². The molecule has 1 aliphatic heterocycles. The lowest BCUT2D eigenvalue weighted by Crippen LogP contribution is -2.35. The summed E-state index contributed by atoms with van der Waals surface area (Å²) in [5, 5.41) is 4.38. The molecule has 0 saturated heterocycles. The standard InChI is InChI=1S/C25H18N4O3S/c30-22(16-29-19-12-6-10-17-11-7-13-20(23(17)19)33(29,31)32)27-25-24(18-8-2-1-3-9-18)26-21-14-4-5-15-28(21)25/h1-15H,16H2,(H,27,30). The number of sulfonamides is 1. The van der Waals surface area contributed by atoms with Gasteiger partial charge in [-0.3, -0.25) is 13.5 Å². The Kier molecular flexibility index (Phi) is 4.24. The van der Waals surface area contributed by atoms with E-state index < -0.39 is 15.9 Å². The number of rotatable bonds is 4. The Morgan fingerprint density at radius 1 is 0.879 bits per heavy atom. The van der Waals surface area contributed by atoms with Crippen LogP contribution in [0.4, 0.5) is 11.5 Å². The fourth-order valence-electron chi connectivity index (χ4n) is 4.34. The molecule has 1 N–H and O–H groups in total. The predicted molar refractivity (Wildman–Crippen MR) is 128 cm³/mol. The van der Waals surface area contributed by atoms with Crippen LogP contribution in [0.15, 0.2) is 96.0 Å². The number of imidazole rings is 1. The third kappa shape index (κ3) is 2.99. The molecule has 0 fully saturated rings. The number of nitrogens with zero attached hydrogens (tertiary/aromatic N) is 3. The highest BCUT2D eigenvalue weighted by Gasteiger charge is 2.36. The van der Waals surface area contributed by atoms with Gasteiger partial charge in [-0.2, -0.15) is 0 Å². The van der Waals surface area contributed by atoms with Gasteiger partial charge in [0.15, 0.2) is 0 Å².